The van der Waals surface area contributed by atoms with Gasteiger partial charge in [-0.3, -0.25) is 4.90 Å². The second kappa shape index (κ2) is 6.73. The van der Waals surface area contributed by atoms with E-state index in [2.05, 4.69) is 16.8 Å². The lowest BCUT2D eigenvalue weighted by molar-refractivity contribution is -0.00742. The molecule has 0 aromatic rings. The van der Waals surface area contributed by atoms with Crippen molar-refractivity contribution in [3.8, 4) is 0 Å². The van der Waals surface area contributed by atoms with Gasteiger partial charge in [0.15, 0.2) is 0 Å². The lowest BCUT2D eigenvalue weighted by atomic mass is 9.90. The van der Waals surface area contributed by atoms with E-state index in [9.17, 15) is 5.11 Å². The highest BCUT2D eigenvalue weighted by atomic mass is 16.5. The number of ether oxygens (including phenoxy) is 1. The SMILES string of the molecule is CN1CCN(C[C@@H](O)COC[C@@H]2C[C@@H]3CC[C@@H]2C3)CC1. The molecule has 2 aliphatic carbocycles. The highest BCUT2D eigenvalue weighted by Gasteiger charge is 2.39. The van der Waals surface area contributed by atoms with Crippen molar-refractivity contribution in [2.24, 2.45) is 17.8 Å². The number of likely N-dealkylation sites (N-methyl/N-ethyl adjacent to an activating group) is 1. The molecule has 0 aromatic carbocycles. The molecule has 1 heterocycles. The molecule has 1 aliphatic heterocycles. The summed E-state index contributed by atoms with van der Waals surface area (Å²) >= 11 is 0. The fourth-order valence-electron chi connectivity index (χ4n) is 4.32. The fraction of sp³-hybridized carbons (Fsp3) is 1.00. The number of piperazine rings is 1. The van der Waals surface area contributed by atoms with E-state index < -0.39 is 0 Å². The Balaban J connectivity index is 1.28. The third-order valence-electron chi connectivity index (χ3n) is 5.59. The molecule has 2 bridgehead atoms. The fourth-order valence-corrected chi connectivity index (χ4v) is 4.32. The first kappa shape index (κ1) is 14.8. The molecule has 3 fully saturated rings. The number of aliphatic hydroxyl groups excluding tert-OH is 1. The van der Waals surface area contributed by atoms with Crippen LogP contribution in [0.4, 0.5) is 0 Å². The molecule has 4 nitrogen and oxygen atoms in total. The maximum atomic E-state index is 10.1. The predicted molar refractivity (Wildman–Crippen MR) is 79.7 cm³/mol. The molecule has 4 atom stereocenters. The molecule has 116 valence electrons. The van der Waals surface area contributed by atoms with Crippen LogP contribution in [0.5, 0.6) is 0 Å². The van der Waals surface area contributed by atoms with Crippen LogP contribution in [0.2, 0.25) is 0 Å². The third kappa shape index (κ3) is 3.73. The van der Waals surface area contributed by atoms with Gasteiger partial charge in [0, 0.05) is 39.3 Å². The highest BCUT2D eigenvalue weighted by molar-refractivity contribution is 4.89. The summed E-state index contributed by atoms with van der Waals surface area (Å²) < 4.78 is 5.81. The van der Waals surface area contributed by atoms with E-state index in [4.69, 9.17) is 4.74 Å². The zero-order valence-electron chi connectivity index (χ0n) is 12.8. The number of hydrogen-bond donors (Lipinski definition) is 1. The Morgan fingerprint density at radius 2 is 1.95 bits per heavy atom. The minimum absolute atomic E-state index is 0.322. The number of rotatable bonds is 6. The Hall–Kier alpha value is -0.160. The second-order valence-electron chi connectivity index (χ2n) is 7.23. The molecule has 1 N–H and O–H groups in total. The quantitative estimate of drug-likeness (QED) is 0.790. The predicted octanol–water partition coefficient (Wildman–Crippen LogP) is 1.05. The summed E-state index contributed by atoms with van der Waals surface area (Å²) in [5.74, 6) is 2.70. The average molecular weight is 282 g/mol. The van der Waals surface area contributed by atoms with E-state index >= 15 is 0 Å². The first-order valence-electron chi connectivity index (χ1n) is 8.37. The average Bonchev–Trinajstić information content (AvgIpc) is 3.04. The normalized spacial score (nSPS) is 36.6. The summed E-state index contributed by atoms with van der Waals surface area (Å²) in [7, 11) is 2.16. The van der Waals surface area contributed by atoms with E-state index in [1.165, 1.54) is 25.7 Å². The Bertz CT molecular complexity index is 305. The molecule has 20 heavy (non-hydrogen) atoms. The van der Waals surface area contributed by atoms with Gasteiger partial charge in [0.1, 0.15) is 0 Å². The van der Waals surface area contributed by atoms with Crippen LogP contribution in [-0.2, 0) is 4.74 Å². The number of hydrogen-bond acceptors (Lipinski definition) is 4. The summed E-state index contributed by atoms with van der Waals surface area (Å²) in [6.45, 7) is 6.52. The standard InChI is InChI=1S/C16H30N2O2/c1-17-4-6-18(7-5-17)10-16(19)12-20-11-15-9-13-2-3-14(15)8-13/h13-16,19H,2-12H2,1H3/t13-,14-,15+,16-/m1/s1. The van der Waals surface area contributed by atoms with Gasteiger partial charge in [-0.1, -0.05) is 6.42 Å². The smallest absolute Gasteiger partial charge is 0.0900 e. The van der Waals surface area contributed by atoms with Crippen molar-refractivity contribution in [2.45, 2.75) is 31.8 Å². The van der Waals surface area contributed by atoms with Gasteiger partial charge in [0.25, 0.3) is 0 Å². The lowest BCUT2D eigenvalue weighted by Gasteiger charge is -2.33. The van der Waals surface area contributed by atoms with Gasteiger partial charge >= 0.3 is 0 Å². The van der Waals surface area contributed by atoms with Gasteiger partial charge in [0.2, 0.25) is 0 Å². The van der Waals surface area contributed by atoms with Gasteiger partial charge in [-0.2, -0.15) is 0 Å². The van der Waals surface area contributed by atoms with Crippen LogP contribution >= 0.6 is 0 Å². The highest BCUT2D eigenvalue weighted by Crippen LogP contribution is 2.48. The van der Waals surface area contributed by atoms with Crippen LogP contribution in [0.1, 0.15) is 25.7 Å². The number of aliphatic hydroxyl groups is 1. The Morgan fingerprint density at radius 1 is 1.15 bits per heavy atom. The molecule has 0 amide bonds. The summed E-state index contributed by atoms with van der Waals surface area (Å²) in [5.41, 5.74) is 0. The van der Waals surface area contributed by atoms with Crippen LogP contribution in [0.15, 0.2) is 0 Å². The third-order valence-corrected chi connectivity index (χ3v) is 5.59. The number of nitrogens with zero attached hydrogens (tertiary/aromatic N) is 2. The summed E-state index contributed by atoms with van der Waals surface area (Å²) in [4.78, 5) is 4.69. The van der Waals surface area contributed by atoms with Gasteiger partial charge in [-0.25, -0.2) is 0 Å². The molecular weight excluding hydrogens is 252 g/mol. The van der Waals surface area contributed by atoms with Gasteiger partial charge in [-0.15, -0.1) is 0 Å². The van der Waals surface area contributed by atoms with Crippen LogP contribution < -0.4 is 0 Å². The molecule has 4 heteroatoms. The van der Waals surface area contributed by atoms with E-state index in [1.54, 1.807) is 0 Å². The summed E-state index contributed by atoms with van der Waals surface area (Å²) in [6, 6.07) is 0. The zero-order chi connectivity index (χ0) is 13.9. The second-order valence-corrected chi connectivity index (χ2v) is 7.23. The maximum absolute atomic E-state index is 10.1. The van der Waals surface area contributed by atoms with Crippen molar-refractivity contribution >= 4 is 0 Å². The molecule has 0 aromatic heterocycles. The molecule has 1 saturated heterocycles. The van der Waals surface area contributed by atoms with Gasteiger partial charge in [0.05, 0.1) is 12.7 Å². The van der Waals surface area contributed by atoms with Crippen LogP contribution in [-0.4, -0.2) is 74.0 Å². The number of β-amino-alcohol motifs (C(OH)–C–C–N with tert-alkyl or cyclic N) is 1. The van der Waals surface area contributed by atoms with E-state index in [0.717, 1.165) is 57.1 Å². The van der Waals surface area contributed by atoms with Crippen LogP contribution in [0.3, 0.4) is 0 Å². The largest absolute Gasteiger partial charge is 0.389 e. The van der Waals surface area contributed by atoms with Crippen molar-refractivity contribution in [1.82, 2.24) is 9.80 Å². The van der Waals surface area contributed by atoms with Crippen LogP contribution in [0, 0.1) is 17.8 Å². The Morgan fingerprint density at radius 3 is 2.60 bits per heavy atom. The van der Waals surface area contributed by atoms with Gasteiger partial charge in [-0.05, 0) is 44.1 Å². The molecule has 0 spiro atoms. The summed E-state index contributed by atoms with van der Waals surface area (Å²) in [5, 5.41) is 10.1. The van der Waals surface area contributed by atoms with Crippen LogP contribution in [0.25, 0.3) is 0 Å². The molecule has 2 saturated carbocycles. The van der Waals surface area contributed by atoms with Crippen molar-refractivity contribution in [3.63, 3.8) is 0 Å². The maximum Gasteiger partial charge on any atom is 0.0900 e. The molecule has 0 radical (unpaired) electrons. The Labute approximate surface area is 123 Å². The van der Waals surface area contributed by atoms with Gasteiger partial charge < -0.3 is 14.7 Å². The molecule has 3 rings (SSSR count). The minimum atomic E-state index is -0.322. The van der Waals surface area contributed by atoms with E-state index in [1.807, 2.05) is 0 Å². The first-order valence-corrected chi connectivity index (χ1v) is 8.37. The van der Waals surface area contributed by atoms with Crippen molar-refractivity contribution in [1.29, 1.82) is 0 Å². The minimum Gasteiger partial charge on any atom is -0.389 e. The van der Waals surface area contributed by atoms with E-state index in [-0.39, 0.29) is 6.10 Å². The van der Waals surface area contributed by atoms with Crippen molar-refractivity contribution in [3.05, 3.63) is 0 Å². The lowest BCUT2D eigenvalue weighted by Crippen LogP contribution is -2.47. The number of fused-ring (bicyclic) bond motifs is 2. The molecule has 0 unspecified atom stereocenters. The molecule has 3 aliphatic rings. The molecular formula is C16H30N2O2. The van der Waals surface area contributed by atoms with E-state index in [0.29, 0.717) is 6.61 Å². The monoisotopic (exact) mass is 282 g/mol. The van der Waals surface area contributed by atoms with Crippen molar-refractivity contribution in [2.75, 3.05) is 53.0 Å². The Kier molecular flexibility index (Phi) is 4.97. The van der Waals surface area contributed by atoms with Crippen molar-refractivity contribution < 1.29 is 9.84 Å². The first-order chi connectivity index (χ1) is 9.70. The topological polar surface area (TPSA) is 35.9 Å². The summed E-state index contributed by atoms with van der Waals surface area (Å²) in [6.07, 6.45) is 5.37. The zero-order valence-corrected chi connectivity index (χ0v) is 12.8.